The maximum absolute atomic E-state index is 11.4. The third-order valence-corrected chi connectivity index (χ3v) is 3.23. The zero-order valence-electron chi connectivity index (χ0n) is 11.6. The zero-order valence-corrected chi connectivity index (χ0v) is 11.6. The Labute approximate surface area is 121 Å². The number of methoxy groups -OCH3 is 1. The number of hydrogen-bond acceptors (Lipinski definition) is 3. The van der Waals surface area contributed by atoms with Crippen molar-refractivity contribution in [2.24, 2.45) is 0 Å². The van der Waals surface area contributed by atoms with E-state index in [4.69, 9.17) is 4.42 Å². The van der Waals surface area contributed by atoms with Gasteiger partial charge in [-0.05, 0) is 11.6 Å². The van der Waals surface area contributed by atoms with Gasteiger partial charge in [0.15, 0.2) is 0 Å². The molecular formula is C18H14O3. The Morgan fingerprint density at radius 3 is 2.24 bits per heavy atom. The van der Waals surface area contributed by atoms with Gasteiger partial charge in [0.1, 0.15) is 10.8 Å². The van der Waals surface area contributed by atoms with Crippen molar-refractivity contribution in [1.29, 1.82) is 0 Å². The monoisotopic (exact) mass is 278 g/mol. The summed E-state index contributed by atoms with van der Waals surface area (Å²) in [7, 11) is 1.35. The van der Waals surface area contributed by atoms with E-state index in [0.29, 0.717) is 5.42 Å². The van der Waals surface area contributed by atoms with Gasteiger partial charge in [0.05, 0.1) is 13.2 Å². The Kier molecular flexibility index (Phi) is 3.56. The Bertz CT molecular complexity index is 889. The first-order valence-electron chi connectivity index (χ1n) is 6.62. The van der Waals surface area contributed by atoms with Gasteiger partial charge < -0.3 is 9.15 Å². The number of carbonyl (C=O) groups excluding carboxylic acids is 1. The summed E-state index contributed by atoms with van der Waals surface area (Å²) in [4.78, 5) is 11.4. The van der Waals surface area contributed by atoms with Crippen molar-refractivity contribution in [2.45, 2.75) is 0 Å². The summed E-state index contributed by atoms with van der Waals surface area (Å²) in [6, 6.07) is 17.7. The lowest BCUT2D eigenvalue weighted by Crippen LogP contribution is -2.05. The predicted molar refractivity (Wildman–Crippen MR) is 82.0 cm³/mol. The van der Waals surface area contributed by atoms with Crippen molar-refractivity contribution < 1.29 is 13.9 Å². The number of ether oxygens (including phenoxy) is 1. The second-order valence-electron chi connectivity index (χ2n) is 4.60. The van der Waals surface area contributed by atoms with Crippen LogP contribution in [-0.4, -0.2) is 13.1 Å². The van der Waals surface area contributed by atoms with Gasteiger partial charge in [0, 0.05) is 10.8 Å². The average molecular weight is 278 g/mol. The molecule has 0 atom stereocenters. The predicted octanol–water partition coefficient (Wildman–Crippen LogP) is 2.22. The molecule has 1 aromatic heterocycles. The molecule has 0 aliphatic rings. The highest BCUT2D eigenvalue weighted by Crippen LogP contribution is 2.07. The van der Waals surface area contributed by atoms with Crippen molar-refractivity contribution in [3.63, 3.8) is 0 Å². The van der Waals surface area contributed by atoms with Crippen LogP contribution >= 0.6 is 0 Å². The van der Waals surface area contributed by atoms with E-state index in [0.717, 1.165) is 21.8 Å². The number of esters is 1. The van der Waals surface area contributed by atoms with Crippen LogP contribution < -0.4 is 10.8 Å². The summed E-state index contributed by atoms with van der Waals surface area (Å²) in [5.74, 6) is -0.430. The van der Waals surface area contributed by atoms with Gasteiger partial charge in [-0.15, -0.1) is 0 Å². The second kappa shape index (κ2) is 5.67. The molecule has 2 aromatic carbocycles. The molecule has 3 rings (SSSR count). The van der Waals surface area contributed by atoms with E-state index in [-0.39, 0.29) is 0 Å². The molecule has 1 heterocycles. The molecule has 0 fully saturated rings. The number of carbonyl (C=O) groups is 1. The minimum absolute atomic E-state index is 0.430. The van der Waals surface area contributed by atoms with Gasteiger partial charge in [-0.25, -0.2) is 4.79 Å². The lowest BCUT2D eigenvalue weighted by atomic mass is 10.1. The van der Waals surface area contributed by atoms with Crippen LogP contribution in [0.15, 0.2) is 59.0 Å². The third kappa shape index (κ3) is 2.72. The highest BCUT2D eigenvalue weighted by atomic mass is 16.5. The van der Waals surface area contributed by atoms with Crippen molar-refractivity contribution in [1.82, 2.24) is 0 Å². The first kappa shape index (κ1) is 13.2. The van der Waals surface area contributed by atoms with Crippen LogP contribution in [0.25, 0.3) is 22.9 Å². The van der Waals surface area contributed by atoms with Crippen LogP contribution in [0, 0.1) is 0 Å². The minimum atomic E-state index is -0.430. The summed E-state index contributed by atoms with van der Waals surface area (Å²) in [5, 5.41) is 1.86. The van der Waals surface area contributed by atoms with E-state index in [9.17, 15) is 4.79 Å². The van der Waals surface area contributed by atoms with E-state index < -0.39 is 5.97 Å². The summed E-state index contributed by atoms with van der Waals surface area (Å²) in [5.41, 5.74) is 2.29. The largest absolute Gasteiger partial charge is 0.466 e. The molecule has 0 amide bonds. The molecule has 0 aliphatic heterocycles. The van der Waals surface area contributed by atoms with Crippen LogP contribution in [0.4, 0.5) is 0 Å². The Balaban J connectivity index is 2.28. The van der Waals surface area contributed by atoms with Crippen LogP contribution in [-0.2, 0) is 9.53 Å². The van der Waals surface area contributed by atoms with E-state index in [1.807, 2.05) is 60.7 Å². The van der Waals surface area contributed by atoms with Crippen molar-refractivity contribution in [3.05, 3.63) is 71.0 Å². The van der Waals surface area contributed by atoms with E-state index in [1.165, 1.54) is 13.2 Å². The van der Waals surface area contributed by atoms with Crippen molar-refractivity contribution >= 4 is 28.9 Å². The van der Waals surface area contributed by atoms with E-state index >= 15 is 0 Å². The number of hydrogen-bond donors (Lipinski definition) is 0. The average Bonchev–Trinajstić information content (AvgIpc) is 2.86. The van der Waals surface area contributed by atoms with Gasteiger partial charge >= 0.3 is 5.97 Å². The topological polar surface area (TPSA) is 39.4 Å². The van der Waals surface area contributed by atoms with E-state index in [1.54, 1.807) is 0 Å². The quantitative estimate of drug-likeness (QED) is 0.675. The van der Waals surface area contributed by atoms with Gasteiger partial charge in [-0.2, -0.15) is 0 Å². The molecule has 0 saturated heterocycles. The SMILES string of the molecule is COC(=O)/C=c1\o/c(=C\c2ccccc2)c2ccccc12. The first-order chi connectivity index (χ1) is 10.3. The normalized spacial score (nSPS) is 12.8. The lowest BCUT2D eigenvalue weighted by molar-refractivity contribution is -0.133. The van der Waals surface area contributed by atoms with Crippen molar-refractivity contribution in [3.8, 4) is 0 Å². The number of rotatable bonds is 2. The summed E-state index contributed by atoms with van der Waals surface area (Å²) < 4.78 is 10.5. The number of benzene rings is 2. The summed E-state index contributed by atoms with van der Waals surface area (Å²) in [6.07, 6.45) is 3.32. The van der Waals surface area contributed by atoms with Gasteiger partial charge in [-0.3, -0.25) is 0 Å². The number of fused-ring (bicyclic) bond motifs is 1. The zero-order chi connectivity index (χ0) is 14.7. The minimum Gasteiger partial charge on any atom is -0.466 e. The standard InChI is InChI=1S/C18H14O3/c1-20-18(19)12-17-15-10-6-5-9-14(15)16(21-17)11-13-7-3-2-4-8-13/h2-12H,1H3/b16-11-,17-12-. The molecule has 0 radical (unpaired) electrons. The second-order valence-corrected chi connectivity index (χ2v) is 4.60. The molecule has 0 N–H and O–H groups in total. The molecule has 0 bridgehead atoms. The van der Waals surface area contributed by atoms with Gasteiger partial charge in [0.25, 0.3) is 0 Å². The maximum Gasteiger partial charge on any atom is 0.334 e. The van der Waals surface area contributed by atoms with Gasteiger partial charge in [-0.1, -0.05) is 54.6 Å². The number of furan rings is 1. The fourth-order valence-corrected chi connectivity index (χ4v) is 2.22. The first-order valence-corrected chi connectivity index (χ1v) is 6.62. The molecule has 0 spiro atoms. The van der Waals surface area contributed by atoms with Crippen LogP contribution in [0.5, 0.6) is 0 Å². The van der Waals surface area contributed by atoms with E-state index in [2.05, 4.69) is 4.74 Å². The molecule has 3 aromatic rings. The molecule has 104 valence electrons. The molecule has 3 nitrogen and oxygen atoms in total. The third-order valence-electron chi connectivity index (χ3n) is 3.23. The molecule has 0 aliphatic carbocycles. The maximum atomic E-state index is 11.4. The van der Waals surface area contributed by atoms with Crippen molar-refractivity contribution in [2.75, 3.05) is 7.11 Å². The van der Waals surface area contributed by atoms with Crippen LogP contribution in [0.2, 0.25) is 0 Å². The molecule has 3 heteroatoms. The highest BCUT2D eigenvalue weighted by molar-refractivity contribution is 6.01. The van der Waals surface area contributed by atoms with Gasteiger partial charge in [0.2, 0.25) is 0 Å². The smallest absolute Gasteiger partial charge is 0.334 e. The summed E-state index contributed by atoms with van der Waals surface area (Å²) in [6.45, 7) is 0. The Morgan fingerprint density at radius 2 is 1.57 bits per heavy atom. The Morgan fingerprint density at radius 1 is 0.952 bits per heavy atom. The van der Waals surface area contributed by atoms with Crippen LogP contribution in [0.3, 0.4) is 0 Å². The lowest BCUT2D eigenvalue weighted by Gasteiger charge is -1.89. The fraction of sp³-hybridized carbons (Fsp3) is 0.0556. The molecule has 0 unspecified atom stereocenters. The Hall–Kier alpha value is -2.81. The molecule has 0 saturated carbocycles. The fourth-order valence-electron chi connectivity index (χ4n) is 2.22. The summed E-state index contributed by atoms with van der Waals surface area (Å²) >= 11 is 0. The molecule has 21 heavy (non-hydrogen) atoms. The highest BCUT2D eigenvalue weighted by Gasteiger charge is 2.04. The molecular weight excluding hydrogens is 264 g/mol. The van der Waals surface area contributed by atoms with Crippen LogP contribution in [0.1, 0.15) is 5.56 Å².